The van der Waals surface area contributed by atoms with Crippen LogP contribution in [0.15, 0.2) is 36.7 Å². The average Bonchev–Trinajstić information content (AvgIpc) is 2.50. The monoisotopic (exact) mass is 284 g/mol. The van der Waals surface area contributed by atoms with Crippen LogP contribution in [0, 0.1) is 17.1 Å². The quantitative estimate of drug-likeness (QED) is 0.905. The molecule has 0 radical (unpaired) electrons. The van der Waals surface area contributed by atoms with Crippen LogP contribution >= 0.6 is 0 Å². The molecule has 1 heterocycles. The maximum absolute atomic E-state index is 13.2. The van der Waals surface area contributed by atoms with Gasteiger partial charge < -0.3 is 10.6 Å². The Labute approximate surface area is 121 Å². The van der Waals surface area contributed by atoms with Crippen LogP contribution in [0.3, 0.4) is 0 Å². The Balaban J connectivity index is 2.24. The summed E-state index contributed by atoms with van der Waals surface area (Å²) in [7, 11) is 0. The molecular weight excluding hydrogens is 271 g/mol. The molecule has 2 aromatic rings. The fraction of sp³-hybridized carbons (Fsp3) is 0.133. The highest BCUT2D eigenvalue weighted by Gasteiger charge is 2.12. The van der Waals surface area contributed by atoms with E-state index in [-0.39, 0.29) is 11.5 Å². The largest absolute Gasteiger partial charge is 0.385 e. The first-order chi connectivity index (χ1) is 10.2. The summed E-state index contributed by atoms with van der Waals surface area (Å²) in [6.45, 7) is 2.58. The minimum absolute atomic E-state index is 0.120. The first kappa shape index (κ1) is 14.5. The Morgan fingerprint density at radius 1 is 1.43 bits per heavy atom. The molecule has 6 heteroatoms. The first-order valence-electron chi connectivity index (χ1n) is 6.34. The number of pyridine rings is 1. The second-order valence-corrected chi connectivity index (χ2v) is 4.21. The van der Waals surface area contributed by atoms with E-state index in [0.29, 0.717) is 23.5 Å². The van der Waals surface area contributed by atoms with Gasteiger partial charge in [-0.25, -0.2) is 4.39 Å². The van der Waals surface area contributed by atoms with Crippen LogP contribution in [-0.4, -0.2) is 17.4 Å². The number of anilines is 2. The van der Waals surface area contributed by atoms with Gasteiger partial charge in [0.15, 0.2) is 0 Å². The van der Waals surface area contributed by atoms with Crippen molar-refractivity contribution in [1.29, 1.82) is 5.26 Å². The molecule has 0 bridgehead atoms. The Morgan fingerprint density at radius 3 is 2.95 bits per heavy atom. The van der Waals surface area contributed by atoms with E-state index in [1.165, 1.54) is 18.3 Å². The zero-order chi connectivity index (χ0) is 15.2. The van der Waals surface area contributed by atoms with E-state index in [2.05, 4.69) is 15.6 Å². The van der Waals surface area contributed by atoms with Crippen LogP contribution in [0.2, 0.25) is 0 Å². The van der Waals surface area contributed by atoms with Crippen LogP contribution in [0.1, 0.15) is 22.8 Å². The molecule has 2 N–H and O–H groups in total. The lowest BCUT2D eigenvalue weighted by Gasteiger charge is -2.10. The van der Waals surface area contributed by atoms with Gasteiger partial charge >= 0.3 is 0 Å². The predicted molar refractivity (Wildman–Crippen MR) is 77.5 cm³/mol. The van der Waals surface area contributed by atoms with Gasteiger partial charge in [0.1, 0.15) is 11.9 Å². The molecule has 1 amide bonds. The fourth-order valence-corrected chi connectivity index (χ4v) is 1.81. The molecule has 1 aromatic heterocycles. The molecule has 0 spiro atoms. The predicted octanol–water partition coefficient (Wildman–Crippen LogP) is 2.78. The van der Waals surface area contributed by atoms with Crippen LogP contribution in [-0.2, 0) is 0 Å². The Morgan fingerprint density at radius 2 is 2.24 bits per heavy atom. The molecule has 106 valence electrons. The summed E-state index contributed by atoms with van der Waals surface area (Å²) in [6.07, 6.45) is 3.03. The number of carbonyl (C=O) groups excluding carboxylic acids is 1. The van der Waals surface area contributed by atoms with Crippen LogP contribution < -0.4 is 10.6 Å². The molecule has 0 saturated heterocycles. The second-order valence-electron chi connectivity index (χ2n) is 4.21. The number of carbonyl (C=O) groups is 1. The van der Waals surface area contributed by atoms with E-state index in [4.69, 9.17) is 5.26 Å². The van der Waals surface area contributed by atoms with Gasteiger partial charge in [0.05, 0.1) is 16.8 Å². The zero-order valence-corrected chi connectivity index (χ0v) is 11.4. The Hall–Kier alpha value is -2.94. The molecule has 0 fully saturated rings. The summed E-state index contributed by atoms with van der Waals surface area (Å²) in [5.41, 5.74) is 1.27. The lowest BCUT2D eigenvalue weighted by molar-refractivity contribution is 0.102. The van der Waals surface area contributed by atoms with Gasteiger partial charge in [-0.2, -0.15) is 5.26 Å². The second kappa shape index (κ2) is 6.48. The molecule has 0 aliphatic rings. The van der Waals surface area contributed by atoms with Gasteiger partial charge in [0.2, 0.25) is 0 Å². The Bertz CT molecular complexity index is 709. The molecule has 0 aliphatic heterocycles. The molecule has 5 nitrogen and oxygen atoms in total. The number of hydrogen-bond donors (Lipinski definition) is 2. The summed E-state index contributed by atoms with van der Waals surface area (Å²) in [4.78, 5) is 16.2. The van der Waals surface area contributed by atoms with Crippen molar-refractivity contribution in [2.45, 2.75) is 6.92 Å². The lowest BCUT2D eigenvalue weighted by Crippen LogP contribution is -2.15. The molecule has 0 atom stereocenters. The minimum atomic E-state index is -0.620. The van der Waals surface area contributed by atoms with E-state index >= 15 is 0 Å². The summed E-state index contributed by atoms with van der Waals surface area (Å²) < 4.78 is 13.2. The van der Waals surface area contributed by atoms with Crippen molar-refractivity contribution >= 4 is 17.3 Å². The number of benzene rings is 1. The number of aromatic nitrogens is 1. The topological polar surface area (TPSA) is 77.8 Å². The standard InChI is InChI=1S/C15H13FN4O/c1-2-19-14-5-6-18-9-12(14)15(21)20-11-3-4-13(16)10(7-11)8-17/h3-7,9H,2H2,1H3,(H,18,19)(H,20,21). The van der Waals surface area contributed by atoms with Crippen molar-refractivity contribution in [1.82, 2.24) is 4.98 Å². The number of hydrogen-bond acceptors (Lipinski definition) is 4. The lowest BCUT2D eigenvalue weighted by atomic mass is 10.2. The van der Waals surface area contributed by atoms with Crippen molar-refractivity contribution < 1.29 is 9.18 Å². The maximum atomic E-state index is 13.2. The van der Waals surface area contributed by atoms with Crippen molar-refractivity contribution in [3.8, 4) is 6.07 Å². The minimum Gasteiger partial charge on any atom is -0.385 e. The normalized spacial score (nSPS) is 9.76. The van der Waals surface area contributed by atoms with E-state index in [0.717, 1.165) is 6.07 Å². The van der Waals surface area contributed by atoms with Crippen LogP contribution in [0.5, 0.6) is 0 Å². The highest BCUT2D eigenvalue weighted by atomic mass is 19.1. The van der Waals surface area contributed by atoms with E-state index in [9.17, 15) is 9.18 Å². The van der Waals surface area contributed by atoms with Crippen molar-refractivity contribution in [2.24, 2.45) is 0 Å². The zero-order valence-electron chi connectivity index (χ0n) is 11.4. The van der Waals surface area contributed by atoms with Crippen LogP contribution in [0.4, 0.5) is 15.8 Å². The third-order valence-corrected chi connectivity index (χ3v) is 2.78. The number of nitrogens with one attached hydrogen (secondary N) is 2. The third-order valence-electron chi connectivity index (χ3n) is 2.78. The van der Waals surface area contributed by atoms with Gasteiger partial charge in [0, 0.05) is 24.6 Å². The van der Waals surface area contributed by atoms with Gasteiger partial charge in [-0.1, -0.05) is 0 Å². The summed E-state index contributed by atoms with van der Waals surface area (Å²) in [5, 5.41) is 14.5. The van der Waals surface area contributed by atoms with Gasteiger partial charge in [-0.3, -0.25) is 9.78 Å². The molecular formula is C15H13FN4O. The van der Waals surface area contributed by atoms with E-state index < -0.39 is 5.82 Å². The first-order valence-corrected chi connectivity index (χ1v) is 6.34. The fourth-order valence-electron chi connectivity index (χ4n) is 1.81. The van der Waals surface area contributed by atoms with Crippen molar-refractivity contribution in [3.63, 3.8) is 0 Å². The maximum Gasteiger partial charge on any atom is 0.259 e. The number of rotatable bonds is 4. The Kier molecular flexibility index (Phi) is 4.46. The van der Waals surface area contributed by atoms with Crippen molar-refractivity contribution in [3.05, 3.63) is 53.6 Å². The highest BCUT2D eigenvalue weighted by Crippen LogP contribution is 2.18. The third kappa shape index (κ3) is 3.34. The summed E-state index contributed by atoms with van der Waals surface area (Å²) in [5.74, 6) is -1.00. The molecule has 2 rings (SSSR count). The van der Waals surface area contributed by atoms with E-state index in [1.54, 1.807) is 18.3 Å². The molecule has 1 aromatic carbocycles. The van der Waals surface area contributed by atoms with Gasteiger partial charge in [-0.05, 0) is 31.2 Å². The van der Waals surface area contributed by atoms with Gasteiger partial charge in [0.25, 0.3) is 5.91 Å². The van der Waals surface area contributed by atoms with E-state index in [1.807, 2.05) is 6.92 Å². The molecule has 0 unspecified atom stereocenters. The van der Waals surface area contributed by atoms with Crippen molar-refractivity contribution in [2.75, 3.05) is 17.2 Å². The van der Waals surface area contributed by atoms with Gasteiger partial charge in [-0.15, -0.1) is 0 Å². The smallest absolute Gasteiger partial charge is 0.259 e. The number of halogens is 1. The SMILES string of the molecule is CCNc1ccncc1C(=O)Nc1ccc(F)c(C#N)c1. The number of nitriles is 1. The number of nitrogens with zero attached hydrogens (tertiary/aromatic N) is 2. The van der Waals surface area contributed by atoms with Crippen LogP contribution in [0.25, 0.3) is 0 Å². The molecule has 0 aliphatic carbocycles. The summed E-state index contributed by atoms with van der Waals surface area (Å²) in [6, 6.07) is 7.26. The number of amides is 1. The molecule has 21 heavy (non-hydrogen) atoms. The highest BCUT2D eigenvalue weighted by molar-refractivity contribution is 6.07. The average molecular weight is 284 g/mol. The summed E-state index contributed by atoms with van der Waals surface area (Å²) >= 11 is 0. The molecule has 0 saturated carbocycles.